The summed E-state index contributed by atoms with van der Waals surface area (Å²) in [5.41, 5.74) is 0.629. The molecule has 0 radical (unpaired) electrons. The van der Waals surface area contributed by atoms with Crippen LogP contribution in [0.1, 0.15) is 22.1 Å². The van der Waals surface area contributed by atoms with Gasteiger partial charge in [-0.1, -0.05) is 15.9 Å². The predicted octanol–water partition coefficient (Wildman–Crippen LogP) is 1.42. The van der Waals surface area contributed by atoms with E-state index >= 15 is 0 Å². The number of hydrogen-bond donors (Lipinski definition) is 1. The average molecular weight is 247 g/mol. The molecule has 0 atom stereocenters. The van der Waals surface area contributed by atoms with Crippen molar-refractivity contribution in [3.05, 3.63) is 17.3 Å². The lowest BCUT2D eigenvalue weighted by Gasteiger charge is -1.98. The maximum atomic E-state index is 11.4. The number of rotatable bonds is 3. The van der Waals surface area contributed by atoms with E-state index in [-0.39, 0.29) is 5.91 Å². The normalized spacial score (nSPS) is 10.1. The first kappa shape index (κ1) is 10.2. The van der Waals surface area contributed by atoms with Crippen molar-refractivity contribution in [3.63, 3.8) is 0 Å². The minimum atomic E-state index is -0.211. The lowest BCUT2D eigenvalue weighted by atomic mass is 10.3. The second-order valence-electron chi connectivity index (χ2n) is 2.59. The van der Waals surface area contributed by atoms with Gasteiger partial charge in [-0.05, 0) is 6.92 Å². The molecular formula is C8H11BrN2O2. The molecular weight excluding hydrogens is 236 g/mol. The van der Waals surface area contributed by atoms with Crippen molar-refractivity contribution in [2.75, 3.05) is 11.9 Å². The first-order chi connectivity index (χ1) is 6.15. The van der Waals surface area contributed by atoms with Gasteiger partial charge >= 0.3 is 0 Å². The molecule has 5 heteroatoms. The van der Waals surface area contributed by atoms with E-state index < -0.39 is 0 Å². The van der Waals surface area contributed by atoms with Gasteiger partial charge in [0.05, 0.1) is 5.69 Å². The Hall–Kier alpha value is -0.840. The van der Waals surface area contributed by atoms with Gasteiger partial charge in [-0.25, -0.2) is 4.98 Å². The monoisotopic (exact) mass is 246 g/mol. The summed E-state index contributed by atoms with van der Waals surface area (Å²) in [6, 6.07) is 0. The molecule has 1 rings (SSSR count). The van der Waals surface area contributed by atoms with Crippen molar-refractivity contribution >= 4 is 21.8 Å². The zero-order valence-corrected chi connectivity index (χ0v) is 9.14. The van der Waals surface area contributed by atoms with Crippen LogP contribution in [0, 0.1) is 13.8 Å². The third-order valence-electron chi connectivity index (χ3n) is 1.49. The van der Waals surface area contributed by atoms with Crippen LogP contribution in [0.4, 0.5) is 0 Å². The van der Waals surface area contributed by atoms with Crippen LogP contribution < -0.4 is 5.32 Å². The smallest absolute Gasteiger partial charge is 0.289 e. The van der Waals surface area contributed by atoms with E-state index in [9.17, 15) is 4.79 Å². The van der Waals surface area contributed by atoms with Crippen LogP contribution in [0.15, 0.2) is 4.42 Å². The average Bonchev–Trinajstić information content (AvgIpc) is 2.41. The molecule has 1 aromatic heterocycles. The molecule has 1 aromatic rings. The molecule has 1 N–H and O–H groups in total. The number of alkyl halides is 1. The van der Waals surface area contributed by atoms with E-state index in [0.717, 1.165) is 5.33 Å². The Morgan fingerprint density at radius 1 is 1.62 bits per heavy atom. The van der Waals surface area contributed by atoms with Crippen molar-refractivity contribution in [2.24, 2.45) is 0 Å². The predicted molar refractivity (Wildman–Crippen MR) is 52.1 cm³/mol. The second kappa shape index (κ2) is 4.41. The second-order valence-corrected chi connectivity index (χ2v) is 3.39. The summed E-state index contributed by atoms with van der Waals surface area (Å²) in [5, 5.41) is 3.41. The maximum Gasteiger partial charge on any atom is 0.289 e. The highest BCUT2D eigenvalue weighted by atomic mass is 79.9. The van der Waals surface area contributed by atoms with Crippen LogP contribution in [-0.2, 0) is 0 Å². The molecule has 1 heterocycles. The number of aromatic nitrogens is 1. The summed E-state index contributed by atoms with van der Waals surface area (Å²) in [6.45, 7) is 4.05. The van der Waals surface area contributed by atoms with E-state index in [1.807, 2.05) is 0 Å². The lowest BCUT2D eigenvalue weighted by Crippen LogP contribution is -2.25. The number of carbonyl (C=O) groups excluding carboxylic acids is 1. The summed E-state index contributed by atoms with van der Waals surface area (Å²) in [7, 11) is 0. The Balaban J connectivity index is 2.70. The molecule has 0 spiro atoms. The molecule has 0 aliphatic rings. The summed E-state index contributed by atoms with van der Waals surface area (Å²) in [4.78, 5) is 15.4. The number of amides is 1. The Labute approximate surface area is 84.8 Å². The highest BCUT2D eigenvalue weighted by Crippen LogP contribution is 2.08. The Morgan fingerprint density at radius 2 is 2.31 bits per heavy atom. The molecule has 1 amide bonds. The SMILES string of the molecule is Cc1nc(C)c(C(=O)NCCBr)o1. The lowest BCUT2D eigenvalue weighted by molar-refractivity contribution is 0.0926. The molecule has 0 aliphatic heterocycles. The molecule has 0 unspecified atom stereocenters. The molecule has 72 valence electrons. The van der Waals surface area contributed by atoms with Gasteiger partial charge in [0.2, 0.25) is 5.76 Å². The highest BCUT2D eigenvalue weighted by Gasteiger charge is 2.14. The fourth-order valence-corrected chi connectivity index (χ4v) is 1.18. The van der Waals surface area contributed by atoms with Crippen LogP contribution in [-0.4, -0.2) is 22.8 Å². The number of carbonyl (C=O) groups is 1. The summed E-state index contributed by atoms with van der Waals surface area (Å²) in [6.07, 6.45) is 0. The van der Waals surface area contributed by atoms with Crippen LogP contribution in [0.2, 0.25) is 0 Å². The third-order valence-corrected chi connectivity index (χ3v) is 1.89. The molecule has 0 saturated heterocycles. The number of nitrogens with zero attached hydrogens (tertiary/aromatic N) is 1. The maximum absolute atomic E-state index is 11.4. The minimum absolute atomic E-state index is 0.211. The van der Waals surface area contributed by atoms with Gasteiger partial charge in [0.1, 0.15) is 0 Å². The van der Waals surface area contributed by atoms with Crippen LogP contribution in [0.5, 0.6) is 0 Å². The topological polar surface area (TPSA) is 55.1 Å². The van der Waals surface area contributed by atoms with Crippen LogP contribution >= 0.6 is 15.9 Å². The van der Waals surface area contributed by atoms with E-state index in [1.54, 1.807) is 13.8 Å². The van der Waals surface area contributed by atoms with Crippen molar-refractivity contribution in [1.82, 2.24) is 10.3 Å². The van der Waals surface area contributed by atoms with Gasteiger partial charge < -0.3 is 9.73 Å². The molecule has 4 nitrogen and oxygen atoms in total. The molecule has 0 aromatic carbocycles. The number of halogens is 1. The van der Waals surface area contributed by atoms with E-state index in [2.05, 4.69) is 26.2 Å². The number of aryl methyl sites for hydroxylation is 2. The van der Waals surface area contributed by atoms with Gasteiger partial charge in [-0.2, -0.15) is 0 Å². The summed E-state index contributed by atoms with van der Waals surface area (Å²) >= 11 is 3.21. The zero-order valence-electron chi connectivity index (χ0n) is 7.56. The van der Waals surface area contributed by atoms with Crippen LogP contribution in [0.3, 0.4) is 0 Å². The van der Waals surface area contributed by atoms with Crippen molar-refractivity contribution in [2.45, 2.75) is 13.8 Å². The van der Waals surface area contributed by atoms with E-state index in [1.165, 1.54) is 0 Å². The van der Waals surface area contributed by atoms with Crippen molar-refractivity contribution in [1.29, 1.82) is 0 Å². The van der Waals surface area contributed by atoms with Crippen molar-refractivity contribution < 1.29 is 9.21 Å². The Kier molecular flexibility index (Phi) is 3.48. The van der Waals surface area contributed by atoms with E-state index in [4.69, 9.17) is 4.42 Å². The largest absolute Gasteiger partial charge is 0.436 e. The molecule has 0 saturated carbocycles. The molecule has 0 aliphatic carbocycles. The number of oxazole rings is 1. The minimum Gasteiger partial charge on any atom is -0.436 e. The first-order valence-corrected chi connectivity index (χ1v) is 5.05. The molecule has 0 bridgehead atoms. The quantitative estimate of drug-likeness (QED) is 0.821. The van der Waals surface area contributed by atoms with Crippen LogP contribution in [0.25, 0.3) is 0 Å². The molecule has 13 heavy (non-hydrogen) atoms. The van der Waals surface area contributed by atoms with Gasteiger partial charge in [0.15, 0.2) is 5.89 Å². The van der Waals surface area contributed by atoms with Gasteiger partial charge in [-0.3, -0.25) is 4.79 Å². The molecule has 0 fully saturated rings. The fraction of sp³-hybridized carbons (Fsp3) is 0.500. The zero-order chi connectivity index (χ0) is 9.84. The number of nitrogens with one attached hydrogen (secondary N) is 1. The standard InChI is InChI=1S/C8H11BrN2O2/c1-5-7(13-6(2)11-5)8(12)10-4-3-9/h3-4H2,1-2H3,(H,10,12). The van der Waals surface area contributed by atoms with E-state index in [0.29, 0.717) is 23.9 Å². The third kappa shape index (κ3) is 2.55. The highest BCUT2D eigenvalue weighted by molar-refractivity contribution is 9.09. The van der Waals surface area contributed by atoms with Gasteiger partial charge in [0, 0.05) is 18.8 Å². The fourth-order valence-electron chi connectivity index (χ4n) is 0.983. The first-order valence-electron chi connectivity index (χ1n) is 3.93. The van der Waals surface area contributed by atoms with Crippen molar-refractivity contribution in [3.8, 4) is 0 Å². The Morgan fingerprint density at radius 3 is 2.77 bits per heavy atom. The summed E-state index contributed by atoms with van der Waals surface area (Å²) in [5.74, 6) is 0.609. The van der Waals surface area contributed by atoms with Gasteiger partial charge in [0.25, 0.3) is 5.91 Å². The van der Waals surface area contributed by atoms with Gasteiger partial charge in [-0.15, -0.1) is 0 Å². The Bertz CT molecular complexity index is 309. The summed E-state index contributed by atoms with van der Waals surface area (Å²) < 4.78 is 5.13. The number of hydrogen-bond acceptors (Lipinski definition) is 3.